The number of hydrogen-bond acceptors (Lipinski definition) is 6. The largest absolute Gasteiger partial charge is 0.383 e. The average molecular weight is 459 g/mol. The maximum Gasteiger partial charge on any atom is 0.252 e. The molecule has 2 heterocycles. The van der Waals surface area contributed by atoms with E-state index in [2.05, 4.69) is 10.3 Å². The Labute approximate surface area is 186 Å². The third-order valence-electron chi connectivity index (χ3n) is 4.61. The van der Waals surface area contributed by atoms with Gasteiger partial charge in [0.2, 0.25) is 0 Å². The number of benzene rings is 2. The third kappa shape index (κ3) is 4.71. The number of thiazole rings is 1. The maximum atomic E-state index is 12.3. The van der Waals surface area contributed by atoms with Crippen LogP contribution in [0.1, 0.15) is 26.4 Å². The van der Waals surface area contributed by atoms with Gasteiger partial charge >= 0.3 is 0 Å². The van der Waals surface area contributed by atoms with E-state index in [0.717, 1.165) is 37.0 Å². The van der Waals surface area contributed by atoms with Gasteiger partial charge in [-0.25, -0.2) is 4.98 Å². The van der Waals surface area contributed by atoms with Gasteiger partial charge in [-0.05, 0) is 35.9 Å². The predicted octanol–water partition coefficient (Wildman–Crippen LogP) is 4.31. The van der Waals surface area contributed by atoms with Crippen molar-refractivity contribution in [3.05, 3.63) is 86.0 Å². The molecule has 0 radical (unpaired) electrons. The number of nitrogens with zero attached hydrogens (tertiary/aromatic N) is 1. The van der Waals surface area contributed by atoms with Gasteiger partial charge in [-0.15, -0.1) is 22.7 Å². The summed E-state index contributed by atoms with van der Waals surface area (Å²) in [6, 6.07) is 19.1. The van der Waals surface area contributed by atoms with Crippen molar-refractivity contribution in [3.63, 3.8) is 0 Å². The van der Waals surface area contributed by atoms with Crippen molar-refractivity contribution in [2.75, 3.05) is 0 Å². The summed E-state index contributed by atoms with van der Waals surface area (Å²) in [7, 11) is 0. The Morgan fingerprint density at radius 2 is 1.73 bits per heavy atom. The van der Waals surface area contributed by atoms with E-state index in [1.54, 1.807) is 11.3 Å². The molecule has 5 nitrogen and oxygen atoms in total. The Morgan fingerprint density at radius 1 is 1.00 bits per heavy atom. The van der Waals surface area contributed by atoms with Gasteiger partial charge in [-0.3, -0.25) is 4.79 Å². The van der Waals surface area contributed by atoms with Crippen LogP contribution in [-0.4, -0.2) is 27.2 Å². The zero-order valence-corrected chi connectivity index (χ0v) is 18.2. The third-order valence-corrected chi connectivity index (χ3v) is 7.17. The number of aromatic nitrogens is 1. The van der Waals surface area contributed by atoms with E-state index in [1.807, 2.05) is 60.7 Å². The summed E-state index contributed by atoms with van der Waals surface area (Å²) >= 11 is 9.05. The second-order valence-corrected chi connectivity index (χ2v) is 9.49. The van der Waals surface area contributed by atoms with Crippen LogP contribution in [0.3, 0.4) is 0 Å². The number of halogens is 1. The van der Waals surface area contributed by atoms with E-state index in [-0.39, 0.29) is 6.54 Å². The van der Waals surface area contributed by atoms with Gasteiger partial charge in [0, 0.05) is 21.2 Å². The first kappa shape index (κ1) is 21.0. The molecule has 0 aliphatic rings. The minimum atomic E-state index is -1.59. The smallest absolute Gasteiger partial charge is 0.252 e. The molecule has 8 heteroatoms. The molecule has 0 unspecified atom stereocenters. The summed E-state index contributed by atoms with van der Waals surface area (Å²) in [5.74, 6) is -0.636. The lowest BCUT2D eigenvalue weighted by Gasteiger charge is -2.15. The van der Waals surface area contributed by atoms with Crippen molar-refractivity contribution in [3.8, 4) is 0 Å². The van der Waals surface area contributed by atoms with Crippen LogP contribution in [0.25, 0.3) is 10.2 Å². The Hall–Kier alpha value is -2.29. The highest BCUT2D eigenvalue weighted by atomic mass is 35.5. The summed E-state index contributed by atoms with van der Waals surface area (Å²) in [6.07, 6.45) is -2.24. The van der Waals surface area contributed by atoms with Crippen LogP contribution in [-0.2, 0) is 17.8 Å². The number of aliphatic hydroxyl groups excluding tert-OH is 2. The second kappa shape index (κ2) is 9.24. The standard InChI is InChI=1S/C22H19ClN2O3S2/c23-16-6-2-1-5-13(16)11-14-9-10-15(29-14)12-24-21(28)19(26)20(27)22-25-17-7-3-4-8-18(17)30-22/h1-10,19-20,26-27H,11-12H2,(H,24,28)/t19-,20-/m1/s1. The van der Waals surface area contributed by atoms with E-state index < -0.39 is 18.1 Å². The molecule has 2 atom stereocenters. The topological polar surface area (TPSA) is 82.5 Å². The van der Waals surface area contributed by atoms with Crippen LogP contribution in [0.5, 0.6) is 0 Å². The lowest BCUT2D eigenvalue weighted by atomic mass is 10.1. The Kier molecular flexibility index (Phi) is 6.46. The minimum Gasteiger partial charge on any atom is -0.383 e. The number of fused-ring (bicyclic) bond motifs is 1. The summed E-state index contributed by atoms with van der Waals surface area (Å²) in [4.78, 5) is 18.7. The number of carbonyl (C=O) groups is 1. The molecule has 2 aromatic heterocycles. The molecule has 30 heavy (non-hydrogen) atoms. The lowest BCUT2D eigenvalue weighted by Crippen LogP contribution is -2.38. The van der Waals surface area contributed by atoms with E-state index >= 15 is 0 Å². The highest BCUT2D eigenvalue weighted by Crippen LogP contribution is 2.28. The molecule has 0 saturated carbocycles. The fourth-order valence-electron chi connectivity index (χ4n) is 3.02. The second-order valence-electron chi connectivity index (χ2n) is 6.76. The number of aliphatic hydroxyl groups is 2. The van der Waals surface area contributed by atoms with Gasteiger partial charge in [0.25, 0.3) is 5.91 Å². The molecule has 4 rings (SSSR count). The molecule has 2 aromatic carbocycles. The number of amides is 1. The summed E-state index contributed by atoms with van der Waals surface area (Å²) in [6.45, 7) is 0.273. The lowest BCUT2D eigenvalue weighted by molar-refractivity contribution is -0.135. The zero-order valence-electron chi connectivity index (χ0n) is 15.8. The highest BCUT2D eigenvalue weighted by Gasteiger charge is 2.28. The number of nitrogens with one attached hydrogen (secondary N) is 1. The molecule has 154 valence electrons. The molecule has 0 aliphatic carbocycles. The van der Waals surface area contributed by atoms with Crippen molar-refractivity contribution in [2.24, 2.45) is 0 Å². The van der Waals surface area contributed by atoms with Crippen LogP contribution in [0.4, 0.5) is 0 Å². The monoisotopic (exact) mass is 458 g/mol. The van der Waals surface area contributed by atoms with E-state index in [4.69, 9.17) is 11.6 Å². The SMILES string of the molecule is O=C(NCc1ccc(Cc2ccccc2Cl)s1)[C@H](O)[C@@H](O)c1nc2ccccc2s1. The van der Waals surface area contributed by atoms with Crippen molar-refractivity contribution < 1.29 is 15.0 Å². The molecule has 0 saturated heterocycles. The first-order valence-corrected chi connectivity index (χ1v) is 11.3. The Balaban J connectivity index is 1.35. The van der Waals surface area contributed by atoms with E-state index in [9.17, 15) is 15.0 Å². The van der Waals surface area contributed by atoms with Gasteiger partial charge in [0.1, 0.15) is 11.1 Å². The molecule has 1 amide bonds. The fraction of sp³-hybridized carbons (Fsp3) is 0.182. The number of thiophene rings is 1. The normalized spacial score (nSPS) is 13.3. The quantitative estimate of drug-likeness (QED) is 0.385. The first-order valence-electron chi connectivity index (χ1n) is 9.31. The number of carbonyl (C=O) groups excluding carboxylic acids is 1. The van der Waals surface area contributed by atoms with Crippen molar-refractivity contribution in [2.45, 2.75) is 25.2 Å². The van der Waals surface area contributed by atoms with Gasteiger partial charge in [0.05, 0.1) is 16.8 Å². The molecule has 4 aromatic rings. The van der Waals surface area contributed by atoms with Crippen LogP contribution < -0.4 is 5.32 Å². The minimum absolute atomic E-state index is 0.273. The van der Waals surface area contributed by atoms with Crippen molar-refractivity contribution in [1.29, 1.82) is 0 Å². The Bertz CT molecular complexity index is 1140. The van der Waals surface area contributed by atoms with Crippen molar-refractivity contribution in [1.82, 2.24) is 10.3 Å². The summed E-state index contributed by atoms with van der Waals surface area (Å²) < 4.78 is 0.892. The molecule has 0 fully saturated rings. The van der Waals surface area contributed by atoms with E-state index in [1.165, 1.54) is 11.3 Å². The highest BCUT2D eigenvalue weighted by molar-refractivity contribution is 7.18. The van der Waals surface area contributed by atoms with Gasteiger partial charge < -0.3 is 15.5 Å². The molecule has 3 N–H and O–H groups in total. The van der Waals surface area contributed by atoms with Crippen molar-refractivity contribution >= 4 is 50.4 Å². The number of para-hydroxylation sites is 1. The fourth-order valence-corrected chi connectivity index (χ4v) is 5.18. The van der Waals surface area contributed by atoms with Crippen LogP contribution >= 0.6 is 34.3 Å². The molecule has 0 aliphatic heterocycles. The maximum absolute atomic E-state index is 12.3. The van der Waals surface area contributed by atoms with Gasteiger partial charge in [-0.2, -0.15) is 0 Å². The first-order chi connectivity index (χ1) is 14.5. The Morgan fingerprint density at radius 3 is 2.53 bits per heavy atom. The molecule has 0 spiro atoms. The predicted molar refractivity (Wildman–Crippen MR) is 121 cm³/mol. The van der Waals surface area contributed by atoms with Gasteiger partial charge in [0.15, 0.2) is 6.10 Å². The number of rotatable bonds is 7. The van der Waals surface area contributed by atoms with Crippen LogP contribution in [0.2, 0.25) is 5.02 Å². The zero-order chi connectivity index (χ0) is 21.1. The van der Waals surface area contributed by atoms with E-state index in [0.29, 0.717) is 5.01 Å². The summed E-state index contributed by atoms with van der Waals surface area (Å²) in [5.41, 5.74) is 1.78. The van der Waals surface area contributed by atoms with Crippen LogP contribution in [0.15, 0.2) is 60.7 Å². The average Bonchev–Trinajstić information content (AvgIpc) is 3.39. The van der Waals surface area contributed by atoms with Gasteiger partial charge in [-0.1, -0.05) is 41.9 Å². The molecular formula is C22H19ClN2O3S2. The molecule has 0 bridgehead atoms. The van der Waals surface area contributed by atoms with Crippen LogP contribution in [0, 0.1) is 0 Å². The molecular weight excluding hydrogens is 440 g/mol. The number of hydrogen-bond donors (Lipinski definition) is 3. The summed E-state index contributed by atoms with van der Waals surface area (Å²) in [5, 5.41) is 24.4.